The lowest BCUT2D eigenvalue weighted by molar-refractivity contribution is 1.13. The molecule has 0 aliphatic heterocycles. The second-order valence-electron chi connectivity index (χ2n) is 5.10. The quantitative estimate of drug-likeness (QED) is 0.874. The van der Waals surface area contributed by atoms with Gasteiger partial charge in [0.05, 0.1) is 5.69 Å². The molecule has 0 aliphatic rings. The molecule has 0 bridgehead atoms. The zero-order chi connectivity index (χ0) is 15.4. The van der Waals surface area contributed by atoms with E-state index in [-0.39, 0.29) is 0 Å². The predicted molar refractivity (Wildman–Crippen MR) is 93.2 cm³/mol. The molecule has 1 N–H and O–H groups in total. The van der Waals surface area contributed by atoms with E-state index in [0.29, 0.717) is 0 Å². The fourth-order valence-corrected chi connectivity index (χ4v) is 2.08. The minimum Gasteiger partial charge on any atom is -0.378 e. The van der Waals surface area contributed by atoms with Crippen LogP contribution in [0.3, 0.4) is 0 Å². The summed E-state index contributed by atoms with van der Waals surface area (Å²) in [4.78, 5) is 6.67. The van der Waals surface area contributed by atoms with Crippen LogP contribution in [-0.2, 0) is 0 Å². The van der Waals surface area contributed by atoms with E-state index in [4.69, 9.17) is 0 Å². The molecule has 1 heterocycles. The fraction of sp³-hybridized carbons (Fsp3) is 0.167. The number of aryl methyl sites for hydroxylation is 1. The normalized spacial score (nSPS) is 10.0. The molecular weight excluding hydrogens is 258 g/mol. The summed E-state index contributed by atoms with van der Waals surface area (Å²) in [5.41, 5.74) is 5.09. The fourth-order valence-electron chi connectivity index (χ4n) is 2.08. The smallest absolute Gasteiger partial charge is 0.134 e. The monoisotopic (exact) mass is 279 g/mol. The summed E-state index contributed by atoms with van der Waals surface area (Å²) in [5, 5.41) is 3.35. The van der Waals surface area contributed by atoms with Crippen molar-refractivity contribution in [2.45, 2.75) is 6.92 Å². The molecule has 1 aromatic heterocycles. The van der Waals surface area contributed by atoms with Gasteiger partial charge >= 0.3 is 0 Å². The molecule has 108 valence electrons. The Balaban J connectivity index is 2.30. The van der Waals surface area contributed by atoms with Crippen molar-refractivity contribution < 1.29 is 0 Å². The first-order valence-corrected chi connectivity index (χ1v) is 6.86. The molecule has 0 radical (unpaired) electrons. The van der Waals surface area contributed by atoms with Crippen molar-refractivity contribution in [3.63, 3.8) is 0 Å². The largest absolute Gasteiger partial charge is 0.378 e. The molecule has 3 nitrogen and oxygen atoms in total. The molecule has 3 heteroatoms. The summed E-state index contributed by atoms with van der Waals surface area (Å²) in [6, 6.07) is 10.3. The third-order valence-corrected chi connectivity index (χ3v) is 3.33. The number of nitrogens with one attached hydrogen (secondary N) is 1. The molecule has 1 aromatic carbocycles. The molecule has 21 heavy (non-hydrogen) atoms. The van der Waals surface area contributed by atoms with Crippen LogP contribution in [0.25, 0.3) is 12.2 Å². The van der Waals surface area contributed by atoms with E-state index < -0.39 is 0 Å². The number of rotatable bonds is 5. The molecule has 0 unspecified atom stereocenters. The highest BCUT2D eigenvalue weighted by Crippen LogP contribution is 2.24. The summed E-state index contributed by atoms with van der Waals surface area (Å²) >= 11 is 0. The lowest BCUT2D eigenvalue weighted by atomic mass is 10.1. The summed E-state index contributed by atoms with van der Waals surface area (Å²) in [7, 11) is 4.05. The molecule has 0 fully saturated rings. The molecule has 0 spiro atoms. The van der Waals surface area contributed by atoms with Gasteiger partial charge in [-0.25, -0.2) is 4.98 Å². The number of hydrogen-bond acceptors (Lipinski definition) is 3. The van der Waals surface area contributed by atoms with Gasteiger partial charge in [0, 0.05) is 25.5 Å². The molecule has 0 aliphatic carbocycles. The Bertz CT molecular complexity index is 655. The van der Waals surface area contributed by atoms with Crippen LogP contribution in [0, 0.1) is 6.92 Å². The Morgan fingerprint density at radius 2 is 1.76 bits per heavy atom. The maximum atomic E-state index is 4.60. The lowest BCUT2D eigenvalue weighted by Gasteiger charge is -2.14. The molecule has 0 amide bonds. The standard InChI is InChI=1S/C18H21N3/c1-6-14-12-13(3)18(20-17(14)7-2)19-15-8-10-16(11-9-15)21(4)5/h6-12H,1-2H2,3-5H3,(H,19,20). The Hall–Kier alpha value is -2.55. The van der Waals surface area contributed by atoms with E-state index in [9.17, 15) is 0 Å². The van der Waals surface area contributed by atoms with Crippen molar-refractivity contribution in [1.29, 1.82) is 0 Å². The van der Waals surface area contributed by atoms with Gasteiger partial charge in [-0.15, -0.1) is 0 Å². The van der Waals surface area contributed by atoms with Crippen LogP contribution >= 0.6 is 0 Å². The average Bonchev–Trinajstić information content (AvgIpc) is 2.49. The van der Waals surface area contributed by atoms with Gasteiger partial charge in [-0.05, 0) is 54.5 Å². The Morgan fingerprint density at radius 3 is 2.29 bits per heavy atom. The number of aromatic nitrogens is 1. The van der Waals surface area contributed by atoms with Crippen LogP contribution in [0.2, 0.25) is 0 Å². The summed E-state index contributed by atoms with van der Waals surface area (Å²) in [6.45, 7) is 9.64. The molecule has 2 aromatic rings. The van der Waals surface area contributed by atoms with Gasteiger partial charge in [0.2, 0.25) is 0 Å². The second-order valence-corrected chi connectivity index (χ2v) is 5.10. The van der Waals surface area contributed by atoms with E-state index in [1.807, 2.05) is 33.2 Å². The maximum Gasteiger partial charge on any atom is 0.134 e. The van der Waals surface area contributed by atoms with Gasteiger partial charge in [0.15, 0.2) is 0 Å². The molecule has 2 rings (SSSR count). The minimum atomic E-state index is 0.836. The summed E-state index contributed by atoms with van der Waals surface area (Å²) < 4.78 is 0. The zero-order valence-corrected chi connectivity index (χ0v) is 12.9. The first-order valence-electron chi connectivity index (χ1n) is 6.86. The average molecular weight is 279 g/mol. The number of nitrogens with zero attached hydrogens (tertiary/aromatic N) is 2. The topological polar surface area (TPSA) is 28.2 Å². The highest BCUT2D eigenvalue weighted by Gasteiger charge is 2.06. The minimum absolute atomic E-state index is 0.836. The van der Waals surface area contributed by atoms with Crippen LogP contribution in [0.5, 0.6) is 0 Å². The van der Waals surface area contributed by atoms with Crippen LogP contribution < -0.4 is 10.2 Å². The van der Waals surface area contributed by atoms with E-state index in [1.54, 1.807) is 12.2 Å². The molecular formula is C18H21N3. The molecule has 0 atom stereocenters. The first kappa shape index (κ1) is 14.9. The van der Waals surface area contributed by atoms with Crippen LogP contribution in [0.1, 0.15) is 16.8 Å². The number of anilines is 3. The second kappa shape index (κ2) is 6.27. The van der Waals surface area contributed by atoms with Crippen molar-refractivity contribution in [3.8, 4) is 0 Å². The third-order valence-electron chi connectivity index (χ3n) is 3.33. The van der Waals surface area contributed by atoms with Crippen LogP contribution in [0.4, 0.5) is 17.2 Å². The number of hydrogen-bond donors (Lipinski definition) is 1. The van der Waals surface area contributed by atoms with Crippen molar-refractivity contribution in [3.05, 3.63) is 60.3 Å². The Kier molecular flexibility index (Phi) is 4.43. The van der Waals surface area contributed by atoms with Gasteiger partial charge in [-0.2, -0.15) is 0 Å². The predicted octanol–water partition coefficient (Wildman–Crippen LogP) is 4.49. The van der Waals surface area contributed by atoms with E-state index in [0.717, 1.165) is 28.3 Å². The zero-order valence-electron chi connectivity index (χ0n) is 12.9. The third kappa shape index (κ3) is 3.31. The lowest BCUT2D eigenvalue weighted by Crippen LogP contribution is -2.08. The van der Waals surface area contributed by atoms with Gasteiger partial charge in [-0.1, -0.05) is 19.2 Å². The van der Waals surface area contributed by atoms with Crippen LogP contribution in [-0.4, -0.2) is 19.1 Å². The highest BCUT2D eigenvalue weighted by molar-refractivity contribution is 5.68. The Morgan fingerprint density at radius 1 is 1.10 bits per heavy atom. The van der Waals surface area contributed by atoms with Gasteiger partial charge in [0.25, 0.3) is 0 Å². The number of benzene rings is 1. The summed E-state index contributed by atoms with van der Waals surface area (Å²) in [6.07, 6.45) is 3.55. The van der Waals surface area contributed by atoms with E-state index >= 15 is 0 Å². The van der Waals surface area contributed by atoms with E-state index in [2.05, 4.69) is 46.6 Å². The first-order chi connectivity index (χ1) is 10.0. The van der Waals surface area contributed by atoms with Crippen LogP contribution in [0.15, 0.2) is 43.5 Å². The molecule has 0 saturated heterocycles. The van der Waals surface area contributed by atoms with Gasteiger partial charge in [-0.3, -0.25) is 0 Å². The van der Waals surface area contributed by atoms with Gasteiger partial charge < -0.3 is 10.2 Å². The SMILES string of the molecule is C=Cc1cc(C)c(Nc2ccc(N(C)C)cc2)nc1C=C. The van der Waals surface area contributed by atoms with Crippen molar-refractivity contribution in [2.75, 3.05) is 24.3 Å². The van der Waals surface area contributed by atoms with Crippen molar-refractivity contribution >= 4 is 29.3 Å². The van der Waals surface area contributed by atoms with Gasteiger partial charge in [0.1, 0.15) is 5.82 Å². The maximum absolute atomic E-state index is 4.60. The van der Waals surface area contributed by atoms with Crippen molar-refractivity contribution in [1.82, 2.24) is 4.98 Å². The highest BCUT2D eigenvalue weighted by atomic mass is 15.1. The number of pyridine rings is 1. The van der Waals surface area contributed by atoms with Crippen molar-refractivity contribution in [2.24, 2.45) is 0 Å². The molecule has 0 saturated carbocycles. The van der Waals surface area contributed by atoms with E-state index in [1.165, 1.54) is 5.69 Å². The Labute approximate surface area is 126 Å². The summed E-state index contributed by atoms with van der Waals surface area (Å²) in [5.74, 6) is 0.841.